The number of carbonyl (C=O) groups is 1. The van der Waals surface area contributed by atoms with Gasteiger partial charge in [-0.1, -0.05) is 30.3 Å². The van der Waals surface area contributed by atoms with E-state index in [2.05, 4.69) is 15.4 Å². The molecular formula is C21H22N4O3. The van der Waals surface area contributed by atoms with Gasteiger partial charge in [0.1, 0.15) is 18.1 Å². The Morgan fingerprint density at radius 1 is 1.21 bits per heavy atom. The monoisotopic (exact) mass is 378 g/mol. The SMILES string of the molecule is COc1ccc2ccccc2c1[C@H]1C(C(=O)OC(C)C)=C(C)Nc2ncnn21. The largest absolute Gasteiger partial charge is 0.496 e. The lowest BCUT2D eigenvalue weighted by Gasteiger charge is -2.30. The Morgan fingerprint density at radius 3 is 2.75 bits per heavy atom. The average Bonchev–Trinajstić information content (AvgIpc) is 3.13. The molecule has 1 aliphatic heterocycles. The van der Waals surface area contributed by atoms with Gasteiger partial charge in [-0.3, -0.25) is 0 Å². The summed E-state index contributed by atoms with van der Waals surface area (Å²) < 4.78 is 12.9. The first-order valence-electron chi connectivity index (χ1n) is 9.15. The van der Waals surface area contributed by atoms with Crippen molar-refractivity contribution in [3.63, 3.8) is 0 Å². The molecular weight excluding hydrogens is 356 g/mol. The number of ether oxygens (including phenoxy) is 2. The Morgan fingerprint density at radius 2 is 2.00 bits per heavy atom. The second-order valence-corrected chi connectivity index (χ2v) is 6.95. The first kappa shape index (κ1) is 18.0. The molecule has 0 spiro atoms. The summed E-state index contributed by atoms with van der Waals surface area (Å²) in [5.41, 5.74) is 2.02. The molecule has 0 bridgehead atoms. The van der Waals surface area contributed by atoms with E-state index in [1.54, 1.807) is 11.8 Å². The molecule has 4 rings (SSSR count). The fourth-order valence-corrected chi connectivity index (χ4v) is 3.64. The molecule has 1 aliphatic rings. The van der Waals surface area contributed by atoms with E-state index in [1.165, 1.54) is 6.33 Å². The van der Waals surface area contributed by atoms with Crippen LogP contribution in [-0.2, 0) is 9.53 Å². The van der Waals surface area contributed by atoms with Gasteiger partial charge in [0.15, 0.2) is 0 Å². The molecule has 28 heavy (non-hydrogen) atoms. The van der Waals surface area contributed by atoms with Crippen LogP contribution in [0.25, 0.3) is 10.8 Å². The van der Waals surface area contributed by atoms with Crippen LogP contribution in [0.2, 0.25) is 0 Å². The molecule has 0 saturated heterocycles. The van der Waals surface area contributed by atoms with Gasteiger partial charge >= 0.3 is 5.97 Å². The zero-order valence-electron chi connectivity index (χ0n) is 16.3. The lowest BCUT2D eigenvalue weighted by molar-refractivity contribution is -0.143. The quantitative estimate of drug-likeness (QED) is 0.698. The summed E-state index contributed by atoms with van der Waals surface area (Å²) >= 11 is 0. The van der Waals surface area contributed by atoms with Gasteiger partial charge < -0.3 is 14.8 Å². The van der Waals surface area contributed by atoms with Crippen molar-refractivity contribution in [3.8, 4) is 5.75 Å². The molecule has 144 valence electrons. The number of benzene rings is 2. The molecule has 2 aromatic carbocycles. The van der Waals surface area contributed by atoms with Crippen LogP contribution in [0.3, 0.4) is 0 Å². The third-order valence-corrected chi connectivity index (χ3v) is 4.78. The van der Waals surface area contributed by atoms with Gasteiger partial charge in [0.05, 0.1) is 18.8 Å². The van der Waals surface area contributed by atoms with Crippen LogP contribution < -0.4 is 10.1 Å². The fourth-order valence-electron chi connectivity index (χ4n) is 3.64. The summed E-state index contributed by atoms with van der Waals surface area (Å²) in [5, 5.41) is 9.58. The fraction of sp³-hybridized carbons (Fsp3) is 0.286. The maximum atomic E-state index is 13.0. The standard InChI is InChI=1S/C21H22N4O3/c1-12(2)28-20(26)17-13(3)24-21-22-11-23-25(21)19(17)18-15-8-6-5-7-14(15)9-10-16(18)27-4/h5-12,19H,1-4H3,(H,22,23,24)/t19-/m1/s1. The number of aromatic nitrogens is 3. The van der Waals surface area contributed by atoms with Crippen molar-refractivity contribution in [3.05, 3.63) is 59.6 Å². The summed E-state index contributed by atoms with van der Waals surface area (Å²) in [6.45, 7) is 5.51. The molecule has 0 radical (unpaired) electrons. The highest BCUT2D eigenvalue weighted by molar-refractivity contribution is 5.96. The van der Waals surface area contributed by atoms with Crippen molar-refractivity contribution in [2.45, 2.75) is 32.9 Å². The molecule has 7 heteroatoms. The van der Waals surface area contributed by atoms with E-state index in [-0.39, 0.29) is 12.1 Å². The minimum absolute atomic E-state index is 0.236. The van der Waals surface area contributed by atoms with E-state index in [4.69, 9.17) is 9.47 Å². The highest BCUT2D eigenvalue weighted by Gasteiger charge is 2.37. The van der Waals surface area contributed by atoms with E-state index >= 15 is 0 Å². The van der Waals surface area contributed by atoms with Gasteiger partial charge in [-0.2, -0.15) is 10.1 Å². The first-order valence-corrected chi connectivity index (χ1v) is 9.15. The van der Waals surface area contributed by atoms with Crippen LogP contribution in [0.1, 0.15) is 32.4 Å². The zero-order chi connectivity index (χ0) is 19.8. The molecule has 0 saturated carbocycles. The third-order valence-electron chi connectivity index (χ3n) is 4.78. The number of anilines is 1. The van der Waals surface area contributed by atoms with E-state index in [9.17, 15) is 4.79 Å². The smallest absolute Gasteiger partial charge is 0.338 e. The maximum Gasteiger partial charge on any atom is 0.338 e. The van der Waals surface area contributed by atoms with Crippen LogP contribution in [0, 0.1) is 0 Å². The number of hydrogen-bond acceptors (Lipinski definition) is 6. The molecule has 0 aliphatic carbocycles. The zero-order valence-corrected chi connectivity index (χ0v) is 16.3. The summed E-state index contributed by atoms with van der Waals surface area (Å²) in [6.07, 6.45) is 1.23. The molecule has 2 heterocycles. The topological polar surface area (TPSA) is 78.3 Å². The van der Waals surface area contributed by atoms with Gasteiger partial charge in [-0.15, -0.1) is 0 Å². The highest BCUT2D eigenvalue weighted by atomic mass is 16.5. The van der Waals surface area contributed by atoms with E-state index in [0.29, 0.717) is 23.0 Å². The summed E-state index contributed by atoms with van der Waals surface area (Å²) in [6, 6.07) is 11.4. The Labute approximate surface area is 163 Å². The number of fused-ring (bicyclic) bond motifs is 2. The molecule has 1 aromatic heterocycles. The lowest BCUT2D eigenvalue weighted by atomic mass is 9.90. The average molecular weight is 378 g/mol. The van der Waals surface area contributed by atoms with Crippen LogP contribution in [0.15, 0.2) is 54.0 Å². The van der Waals surface area contributed by atoms with Gasteiger partial charge in [-0.05, 0) is 37.6 Å². The summed E-state index contributed by atoms with van der Waals surface area (Å²) in [5.74, 6) is 0.856. The minimum Gasteiger partial charge on any atom is -0.496 e. The van der Waals surface area contributed by atoms with Gasteiger partial charge in [0.25, 0.3) is 0 Å². The number of hydrogen-bond donors (Lipinski definition) is 1. The number of rotatable bonds is 4. The molecule has 0 fully saturated rings. The first-order chi connectivity index (χ1) is 13.5. The van der Waals surface area contributed by atoms with E-state index in [0.717, 1.165) is 16.3 Å². The number of methoxy groups -OCH3 is 1. The normalized spacial score (nSPS) is 16.1. The van der Waals surface area contributed by atoms with Crippen LogP contribution in [0.5, 0.6) is 5.75 Å². The van der Waals surface area contributed by atoms with Gasteiger partial charge in [0.2, 0.25) is 5.95 Å². The Kier molecular flexibility index (Phi) is 4.50. The molecule has 7 nitrogen and oxygen atoms in total. The predicted molar refractivity (Wildman–Crippen MR) is 106 cm³/mol. The van der Waals surface area contributed by atoms with Crippen molar-refractivity contribution in [2.24, 2.45) is 0 Å². The molecule has 1 atom stereocenters. The molecule has 0 amide bonds. The summed E-state index contributed by atoms with van der Waals surface area (Å²) in [7, 11) is 1.62. The third kappa shape index (κ3) is 2.89. The summed E-state index contributed by atoms with van der Waals surface area (Å²) in [4.78, 5) is 17.3. The Balaban J connectivity index is 2.01. The van der Waals surface area contributed by atoms with Crippen LogP contribution in [-0.4, -0.2) is 33.9 Å². The van der Waals surface area contributed by atoms with Gasteiger partial charge in [0, 0.05) is 11.3 Å². The minimum atomic E-state index is -0.522. The molecule has 3 aromatic rings. The van der Waals surface area contributed by atoms with E-state index in [1.807, 2.05) is 57.2 Å². The maximum absolute atomic E-state index is 13.0. The van der Waals surface area contributed by atoms with Crippen molar-refractivity contribution in [2.75, 3.05) is 12.4 Å². The number of allylic oxidation sites excluding steroid dienone is 1. The van der Waals surface area contributed by atoms with E-state index < -0.39 is 6.04 Å². The van der Waals surface area contributed by atoms with Crippen molar-refractivity contribution < 1.29 is 14.3 Å². The Bertz CT molecular complexity index is 1080. The number of esters is 1. The second-order valence-electron chi connectivity index (χ2n) is 6.95. The second kappa shape index (κ2) is 6.99. The van der Waals surface area contributed by atoms with Crippen LogP contribution in [0.4, 0.5) is 5.95 Å². The highest BCUT2D eigenvalue weighted by Crippen LogP contribution is 2.42. The van der Waals surface area contributed by atoms with Crippen molar-refractivity contribution >= 4 is 22.7 Å². The molecule has 1 N–H and O–H groups in total. The molecule has 0 unspecified atom stereocenters. The van der Waals surface area contributed by atoms with Crippen molar-refractivity contribution in [1.82, 2.24) is 14.8 Å². The van der Waals surface area contributed by atoms with Crippen molar-refractivity contribution in [1.29, 1.82) is 0 Å². The van der Waals surface area contributed by atoms with Gasteiger partial charge in [-0.25, -0.2) is 9.48 Å². The lowest BCUT2D eigenvalue weighted by Crippen LogP contribution is -2.31. The Hall–Kier alpha value is -3.35. The predicted octanol–water partition coefficient (Wildman–Crippen LogP) is 3.68. The number of nitrogens with one attached hydrogen (secondary N) is 1. The number of carbonyl (C=O) groups excluding carboxylic acids is 1. The number of nitrogens with zero attached hydrogens (tertiary/aromatic N) is 3. The van der Waals surface area contributed by atoms with Crippen LogP contribution >= 0.6 is 0 Å².